The van der Waals surface area contributed by atoms with Crippen LogP contribution in [0.3, 0.4) is 0 Å². The average Bonchev–Trinajstić information content (AvgIpc) is 3.40. The van der Waals surface area contributed by atoms with Crippen LogP contribution in [0.1, 0.15) is 29.4 Å². The lowest BCUT2D eigenvalue weighted by Crippen LogP contribution is -2.23. The number of aromatic nitrogens is 1. The number of ether oxygens (including phenoxy) is 2. The first-order valence-electron chi connectivity index (χ1n) is 11.0. The standard InChI is InChI=1S/C27H23NO6/c1-32-17-10-11-23-24(14-17)34-25(28-23)12-16(27(30)31)13-26(29)33-15-22-20-8-4-2-6-18(20)19-7-3-5-9-21(19)22/h2-11,14,16,22H,12-13,15H2,1H3,(H,30,31)/t16-/m1/s1. The predicted molar refractivity (Wildman–Crippen MR) is 125 cm³/mol. The number of nitrogens with zero attached hydrogens (tertiary/aromatic N) is 1. The number of esters is 1. The van der Waals surface area contributed by atoms with Gasteiger partial charge in [0.1, 0.15) is 17.9 Å². The Morgan fingerprint density at radius 3 is 2.35 bits per heavy atom. The van der Waals surface area contributed by atoms with Crippen molar-refractivity contribution in [1.82, 2.24) is 4.98 Å². The SMILES string of the molecule is COc1ccc2nc(C[C@H](CC(=O)OCC3c4ccccc4-c4ccccc43)C(=O)O)oc2c1. The molecule has 1 aliphatic rings. The van der Waals surface area contributed by atoms with Crippen molar-refractivity contribution in [2.24, 2.45) is 5.92 Å². The Morgan fingerprint density at radius 2 is 1.71 bits per heavy atom. The summed E-state index contributed by atoms with van der Waals surface area (Å²) in [5.41, 5.74) is 5.58. The van der Waals surface area contributed by atoms with Crippen LogP contribution in [0.5, 0.6) is 5.75 Å². The lowest BCUT2D eigenvalue weighted by molar-refractivity contribution is -0.151. The molecule has 0 unspecified atom stereocenters. The van der Waals surface area contributed by atoms with Gasteiger partial charge in [0.15, 0.2) is 11.5 Å². The van der Waals surface area contributed by atoms with Gasteiger partial charge >= 0.3 is 11.9 Å². The predicted octanol–water partition coefficient (Wildman–Crippen LogP) is 4.83. The number of carbonyl (C=O) groups is 2. The minimum Gasteiger partial charge on any atom is -0.497 e. The van der Waals surface area contributed by atoms with Gasteiger partial charge in [-0.05, 0) is 34.4 Å². The molecule has 1 aromatic heterocycles. The Balaban J connectivity index is 1.26. The van der Waals surface area contributed by atoms with E-state index in [9.17, 15) is 14.7 Å². The molecule has 0 bridgehead atoms. The number of hydrogen-bond acceptors (Lipinski definition) is 6. The summed E-state index contributed by atoms with van der Waals surface area (Å²) in [7, 11) is 1.55. The first-order chi connectivity index (χ1) is 16.5. The molecule has 7 heteroatoms. The molecule has 5 rings (SSSR count). The molecule has 172 valence electrons. The third kappa shape index (κ3) is 4.12. The van der Waals surface area contributed by atoms with Gasteiger partial charge in [0.05, 0.1) is 19.4 Å². The summed E-state index contributed by atoms with van der Waals surface area (Å²) in [6.07, 6.45) is -0.288. The second kappa shape index (κ2) is 9.02. The van der Waals surface area contributed by atoms with E-state index in [1.807, 2.05) is 36.4 Å². The number of rotatable bonds is 8. The van der Waals surface area contributed by atoms with E-state index in [0.717, 1.165) is 22.3 Å². The zero-order valence-electron chi connectivity index (χ0n) is 18.6. The summed E-state index contributed by atoms with van der Waals surface area (Å²) in [6.45, 7) is 0.155. The summed E-state index contributed by atoms with van der Waals surface area (Å²) < 4.78 is 16.4. The highest BCUT2D eigenvalue weighted by Gasteiger charge is 2.30. The Kier molecular flexibility index (Phi) is 5.76. The fraction of sp³-hybridized carbons (Fsp3) is 0.222. The molecule has 3 aromatic carbocycles. The largest absolute Gasteiger partial charge is 0.497 e. The number of methoxy groups -OCH3 is 1. The highest BCUT2D eigenvalue weighted by atomic mass is 16.5. The molecule has 0 fully saturated rings. The summed E-state index contributed by atoms with van der Waals surface area (Å²) in [5.74, 6) is -1.89. The summed E-state index contributed by atoms with van der Waals surface area (Å²) in [5, 5.41) is 9.68. The zero-order valence-corrected chi connectivity index (χ0v) is 18.6. The summed E-state index contributed by atoms with van der Waals surface area (Å²) in [4.78, 5) is 28.8. The highest BCUT2D eigenvalue weighted by molar-refractivity contribution is 5.81. The van der Waals surface area contributed by atoms with Crippen molar-refractivity contribution in [2.75, 3.05) is 13.7 Å². The zero-order chi connectivity index (χ0) is 23.7. The van der Waals surface area contributed by atoms with Crippen LogP contribution in [-0.2, 0) is 20.7 Å². The maximum atomic E-state index is 12.6. The van der Waals surface area contributed by atoms with Crippen LogP contribution in [0.15, 0.2) is 71.1 Å². The third-order valence-electron chi connectivity index (χ3n) is 6.20. The third-order valence-corrected chi connectivity index (χ3v) is 6.20. The van der Waals surface area contributed by atoms with Gasteiger partial charge in [0, 0.05) is 18.4 Å². The lowest BCUT2D eigenvalue weighted by atomic mass is 9.98. The molecule has 1 heterocycles. The smallest absolute Gasteiger partial charge is 0.307 e. The van der Waals surface area contributed by atoms with Gasteiger partial charge in [0.2, 0.25) is 0 Å². The van der Waals surface area contributed by atoms with E-state index >= 15 is 0 Å². The number of aliphatic carboxylic acids is 1. The number of fused-ring (bicyclic) bond motifs is 4. The molecule has 0 aliphatic heterocycles. The maximum Gasteiger partial charge on any atom is 0.307 e. The van der Waals surface area contributed by atoms with Gasteiger partial charge < -0.3 is 19.0 Å². The lowest BCUT2D eigenvalue weighted by Gasteiger charge is -2.15. The second-order valence-electron chi connectivity index (χ2n) is 8.29. The number of hydrogen-bond donors (Lipinski definition) is 1. The van der Waals surface area contributed by atoms with Crippen molar-refractivity contribution in [3.05, 3.63) is 83.7 Å². The minimum atomic E-state index is -1.10. The van der Waals surface area contributed by atoms with Gasteiger partial charge in [-0.1, -0.05) is 48.5 Å². The van der Waals surface area contributed by atoms with E-state index in [1.165, 1.54) is 0 Å². The number of carboxylic acids is 1. The van der Waals surface area contributed by atoms with Crippen molar-refractivity contribution in [3.8, 4) is 16.9 Å². The van der Waals surface area contributed by atoms with E-state index in [4.69, 9.17) is 13.9 Å². The normalized spacial score (nSPS) is 13.3. The second-order valence-corrected chi connectivity index (χ2v) is 8.29. The Bertz CT molecular complexity index is 1330. The van der Waals surface area contributed by atoms with Crippen LogP contribution in [0.2, 0.25) is 0 Å². The Morgan fingerprint density at radius 1 is 1.03 bits per heavy atom. The van der Waals surface area contributed by atoms with Crippen molar-refractivity contribution < 1.29 is 28.6 Å². The van der Waals surface area contributed by atoms with Gasteiger partial charge in [-0.25, -0.2) is 4.98 Å². The Labute approximate surface area is 195 Å². The maximum absolute atomic E-state index is 12.6. The van der Waals surface area contributed by atoms with Crippen LogP contribution >= 0.6 is 0 Å². The molecule has 0 saturated heterocycles. The monoisotopic (exact) mass is 457 g/mol. The van der Waals surface area contributed by atoms with Crippen molar-refractivity contribution >= 4 is 23.0 Å². The van der Waals surface area contributed by atoms with Crippen molar-refractivity contribution in [1.29, 1.82) is 0 Å². The fourth-order valence-electron chi connectivity index (χ4n) is 4.50. The van der Waals surface area contributed by atoms with Gasteiger partial charge in [-0.2, -0.15) is 0 Å². The van der Waals surface area contributed by atoms with E-state index in [0.29, 0.717) is 16.8 Å². The summed E-state index contributed by atoms with van der Waals surface area (Å²) >= 11 is 0. The van der Waals surface area contributed by atoms with Crippen LogP contribution in [0, 0.1) is 5.92 Å². The molecule has 0 radical (unpaired) electrons. The number of carboxylic acid groups (broad SMARTS) is 1. The Hall–Kier alpha value is -4.13. The molecule has 1 N–H and O–H groups in total. The molecular weight excluding hydrogens is 434 g/mol. The van der Waals surface area contributed by atoms with E-state index in [1.54, 1.807) is 25.3 Å². The molecule has 0 spiro atoms. The fourth-order valence-corrected chi connectivity index (χ4v) is 4.50. The van der Waals surface area contributed by atoms with Crippen LogP contribution in [0.25, 0.3) is 22.2 Å². The number of oxazole rings is 1. The molecule has 0 amide bonds. The molecule has 1 aliphatic carbocycles. The van der Waals surface area contributed by atoms with Crippen LogP contribution in [-0.4, -0.2) is 35.7 Å². The van der Waals surface area contributed by atoms with Gasteiger partial charge in [0.25, 0.3) is 0 Å². The van der Waals surface area contributed by atoms with Crippen molar-refractivity contribution in [2.45, 2.75) is 18.8 Å². The molecule has 4 aromatic rings. The quantitative estimate of drug-likeness (QED) is 0.379. The summed E-state index contributed by atoms with van der Waals surface area (Å²) in [6, 6.07) is 21.3. The molecule has 0 saturated carbocycles. The van der Waals surface area contributed by atoms with Crippen LogP contribution < -0.4 is 4.74 Å². The number of carbonyl (C=O) groups excluding carboxylic acids is 1. The average molecular weight is 457 g/mol. The van der Waals surface area contributed by atoms with Gasteiger partial charge in [-0.3, -0.25) is 9.59 Å². The van der Waals surface area contributed by atoms with E-state index in [2.05, 4.69) is 17.1 Å². The van der Waals surface area contributed by atoms with E-state index < -0.39 is 17.9 Å². The molecule has 1 atom stereocenters. The highest BCUT2D eigenvalue weighted by Crippen LogP contribution is 2.44. The first kappa shape index (κ1) is 21.7. The molecule has 7 nitrogen and oxygen atoms in total. The van der Waals surface area contributed by atoms with Crippen LogP contribution in [0.4, 0.5) is 0 Å². The number of benzene rings is 3. The first-order valence-corrected chi connectivity index (χ1v) is 11.0. The van der Waals surface area contributed by atoms with E-state index in [-0.39, 0.29) is 31.3 Å². The topological polar surface area (TPSA) is 98.9 Å². The van der Waals surface area contributed by atoms with Gasteiger partial charge in [-0.15, -0.1) is 0 Å². The van der Waals surface area contributed by atoms with Crippen molar-refractivity contribution in [3.63, 3.8) is 0 Å². The molecular formula is C27H23NO6. The minimum absolute atomic E-state index is 0.0173. The molecule has 34 heavy (non-hydrogen) atoms.